The van der Waals surface area contributed by atoms with E-state index in [9.17, 15) is 15.0 Å². The van der Waals surface area contributed by atoms with Crippen LogP contribution >= 0.6 is 0 Å². The molecule has 25 heavy (non-hydrogen) atoms. The number of nitrogens with two attached hydrogens (primary N) is 1. The van der Waals surface area contributed by atoms with Crippen molar-refractivity contribution in [1.82, 2.24) is 5.32 Å². The zero-order chi connectivity index (χ0) is 18.2. The Morgan fingerprint density at radius 2 is 1.88 bits per heavy atom. The SMILES string of the molecule is CCCOc1ccccc1C(=O)NC(CO)C(O)c1ccc(N)cc1. The van der Waals surface area contributed by atoms with Gasteiger partial charge in [0.15, 0.2) is 0 Å². The molecule has 0 saturated carbocycles. The lowest BCUT2D eigenvalue weighted by Crippen LogP contribution is -2.42. The van der Waals surface area contributed by atoms with E-state index in [2.05, 4.69) is 5.32 Å². The number of benzene rings is 2. The standard InChI is InChI=1S/C19H24N2O4/c1-2-11-25-17-6-4-3-5-15(17)19(24)21-16(12-22)18(23)13-7-9-14(20)10-8-13/h3-10,16,18,22-23H,2,11-12,20H2,1H3,(H,21,24). The number of ether oxygens (including phenoxy) is 1. The first-order chi connectivity index (χ1) is 12.1. The molecule has 2 aromatic rings. The van der Waals surface area contributed by atoms with Crippen molar-refractivity contribution < 1.29 is 19.7 Å². The van der Waals surface area contributed by atoms with E-state index in [4.69, 9.17) is 10.5 Å². The smallest absolute Gasteiger partial charge is 0.255 e. The summed E-state index contributed by atoms with van der Waals surface area (Å²) in [7, 11) is 0. The van der Waals surface area contributed by atoms with Crippen LogP contribution in [0.2, 0.25) is 0 Å². The van der Waals surface area contributed by atoms with Gasteiger partial charge in [0.1, 0.15) is 11.9 Å². The largest absolute Gasteiger partial charge is 0.493 e. The lowest BCUT2D eigenvalue weighted by atomic mass is 10.0. The number of nitrogens with one attached hydrogen (secondary N) is 1. The van der Waals surface area contributed by atoms with Crippen molar-refractivity contribution in [2.75, 3.05) is 18.9 Å². The van der Waals surface area contributed by atoms with Crippen LogP contribution in [-0.4, -0.2) is 35.4 Å². The fourth-order valence-corrected chi connectivity index (χ4v) is 2.39. The topological polar surface area (TPSA) is 105 Å². The lowest BCUT2D eigenvalue weighted by Gasteiger charge is -2.23. The van der Waals surface area contributed by atoms with E-state index < -0.39 is 24.7 Å². The van der Waals surface area contributed by atoms with E-state index in [1.165, 1.54) is 0 Å². The van der Waals surface area contributed by atoms with E-state index in [1.807, 2.05) is 6.92 Å². The molecular formula is C19H24N2O4. The summed E-state index contributed by atoms with van der Waals surface area (Å²) in [5.74, 6) is 0.0563. The van der Waals surface area contributed by atoms with Gasteiger partial charge in [-0.3, -0.25) is 4.79 Å². The average molecular weight is 344 g/mol. The van der Waals surface area contributed by atoms with Crippen LogP contribution < -0.4 is 15.8 Å². The Bertz CT molecular complexity index is 688. The predicted molar refractivity (Wildman–Crippen MR) is 96.4 cm³/mol. The Hall–Kier alpha value is -2.57. The third-order valence-corrected chi connectivity index (χ3v) is 3.77. The molecule has 0 spiro atoms. The summed E-state index contributed by atoms with van der Waals surface area (Å²) in [4.78, 5) is 12.6. The molecular weight excluding hydrogens is 320 g/mol. The second kappa shape index (κ2) is 9.05. The summed E-state index contributed by atoms with van der Waals surface area (Å²) in [6, 6.07) is 12.7. The highest BCUT2D eigenvalue weighted by Gasteiger charge is 2.24. The first-order valence-corrected chi connectivity index (χ1v) is 8.23. The van der Waals surface area contributed by atoms with E-state index in [0.29, 0.717) is 29.2 Å². The molecule has 2 rings (SSSR count). The van der Waals surface area contributed by atoms with Gasteiger partial charge in [-0.15, -0.1) is 0 Å². The number of carbonyl (C=O) groups is 1. The number of carbonyl (C=O) groups excluding carboxylic acids is 1. The van der Waals surface area contributed by atoms with Crippen LogP contribution in [-0.2, 0) is 0 Å². The summed E-state index contributed by atoms with van der Waals surface area (Å²) in [5, 5.41) is 22.7. The number of amides is 1. The summed E-state index contributed by atoms with van der Waals surface area (Å²) >= 11 is 0. The summed E-state index contributed by atoms with van der Waals surface area (Å²) in [6.45, 7) is 2.07. The molecule has 2 atom stereocenters. The molecule has 1 amide bonds. The fraction of sp³-hybridized carbons (Fsp3) is 0.316. The Morgan fingerprint density at radius 3 is 2.52 bits per heavy atom. The number of aliphatic hydroxyl groups excluding tert-OH is 2. The predicted octanol–water partition coefficient (Wildman–Crippen LogP) is 1.88. The highest BCUT2D eigenvalue weighted by atomic mass is 16.5. The second-order valence-corrected chi connectivity index (χ2v) is 5.72. The van der Waals surface area contributed by atoms with Crippen molar-refractivity contribution in [3.05, 3.63) is 59.7 Å². The molecule has 2 unspecified atom stereocenters. The Labute approximate surface area is 147 Å². The first kappa shape index (κ1) is 18.8. The van der Waals surface area contributed by atoms with Crippen molar-refractivity contribution in [3.63, 3.8) is 0 Å². The lowest BCUT2D eigenvalue weighted by molar-refractivity contribution is 0.0700. The quantitative estimate of drug-likeness (QED) is 0.547. The van der Waals surface area contributed by atoms with E-state index in [0.717, 1.165) is 6.42 Å². The second-order valence-electron chi connectivity index (χ2n) is 5.72. The number of aliphatic hydroxyl groups is 2. The van der Waals surface area contributed by atoms with E-state index >= 15 is 0 Å². The van der Waals surface area contributed by atoms with Crippen LogP contribution in [0.15, 0.2) is 48.5 Å². The molecule has 0 radical (unpaired) electrons. The molecule has 0 aliphatic rings. The van der Waals surface area contributed by atoms with Crippen molar-refractivity contribution in [3.8, 4) is 5.75 Å². The van der Waals surface area contributed by atoms with Crippen LogP contribution in [0.4, 0.5) is 5.69 Å². The number of anilines is 1. The Balaban J connectivity index is 2.13. The zero-order valence-electron chi connectivity index (χ0n) is 14.2. The van der Waals surface area contributed by atoms with Crippen LogP contribution in [0.3, 0.4) is 0 Å². The summed E-state index contributed by atoms with van der Waals surface area (Å²) in [5.41, 5.74) is 7.13. The molecule has 5 N–H and O–H groups in total. The van der Waals surface area contributed by atoms with Crippen LogP contribution in [0.1, 0.15) is 35.4 Å². The monoisotopic (exact) mass is 344 g/mol. The van der Waals surface area contributed by atoms with Gasteiger partial charge >= 0.3 is 0 Å². The third-order valence-electron chi connectivity index (χ3n) is 3.77. The molecule has 0 bridgehead atoms. The highest BCUT2D eigenvalue weighted by molar-refractivity contribution is 5.97. The van der Waals surface area contributed by atoms with Crippen molar-refractivity contribution in [1.29, 1.82) is 0 Å². The summed E-state index contributed by atoms with van der Waals surface area (Å²) in [6.07, 6.45) is -0.233. The molecule has 0 saturated heterocycles. The van der Waals surface area contributed by atoms with Crippen molar-refractivity contribution in [2.24, 2.45) is 0 Å². The maximum Gasteiger partial charge on any atom is 0.255 e. The maximum absolute atomic E-state index is 12.6. The fourth-order valence-electron chi connectivity index (χ4n) is 2.39. The normalized spacial score (nSPS) is 13.1. The van der Waals surface area contributed by atoms with Gasteiger partial charge in [-0.1, -0.05) is 31.2 Å². The average Bonchev–Trinajstić information content (AvgIpc) is 2.64. The minimum absolute atomic E-state index is 0.360. The molecule has 0 aliphatic heterocycles. The number of rotatable bonds is 8. The van der Waals surface area contributed by atoms with Crippen molar-refractivity contribution in [2.45, 2.75) is 25.5 Å². The Kier molecular flexibility index (Phi) is 6.80. The van der Waals surface area contributed by atoms with Gasteiger partial charge in [-0.2, -0.15) is 0 Å². The highest BCUT2D eigenvalue weighted by Crippen LogP contribution is 2.21. The van der Waals surface area contributed by atoms with Gasteiger partial charge < -0.3 is 26.0 Å². The van der Waals surface area contributed by atoms with Gasteiger partial charge in [-0.05, 0) is 36.2 Å². The summed E-state index contributed by atoms with van der Waals surface area (Å²) < 4.78 is 5.58. The van der Waals surface area contributed by atoms with Crippen molar-refractivity contribution >= 4 is 11.6 Å². The number of nitrogen functional groups attached to an aromatic ring is 1. The molecule has 6 nitrogen and oxygen atoms in total. The molecule has 0 fully saturated rings. The number of para-hydroxylation sites is 1. The number of hydrogen-bond donors (Lipinski definition) is 4. The maximum atomic E-state index is 12.6. The minimum atomic E-state index is -1.06. The van der Waals surface area contributed by atoms with Crippen LogP contribution in [0.25, 0.3) is 0 Å². The molecule has 134 valence electrons. The van der Waals surface area contributed by atoms with E-state index in [1.54, 1.807) is 48.5 Å². The van der Waals surface area contributed by atoms with E-state index in [-0.39, 0.29) is 0 Å². The minimum Gasteiger partial charge on any atom is -0.493 e. The van der Waals surface area contributed by atoms with Crippen LogP contribution in [0.5, 0.6) is 5.75 Å². The van der Waals surface area contributed by atoms with Gasteiger partial charge in [0.05, 0.1) is 24.8 Å². The first-order valence-electron chi connectivity index (χ1n) is 8.23. The van der Waals surface area contributed by atoms with Gasteiger partial charge in [0.25, 0.3) is 5.91 Å². The van der Waals surface area contributed by atoms with Gasteiger partial charge in [-0.25, -0.2) is 0 Å². The third kappa shape index (κ3) is 4.95. The molecule has 0 heterocycles. The number of hydrogen-bond acceptors (Lipinski definition) is 5. The zero-order valence-corrected chi connectivity index (χ0v) is 14.2. The molecule has 2 aromatic carbocycles. The van der Waals surface area contributed by atoms with Gasteiger partial charge in [0.2, 0.25) is 0 Å². The molecule has 6 heteroatoms. The molecule has 0 aromatic heterocycles. The van der Waals surface area contributed by atoms with Gasteiger partial charge in [0, 0.05) is 5.69 Å². The van der Waals surface area contributed by atoms with Crippen LogP contribution in [0, 0.1) is 0 Å². The Morgan fingerprint density at radius 1 is 1.20 bits per heavy atom. The molecule has 0 aliphatic carbocycles.